The molecule has 3 aromatic rings. The molecule has 12 heteroatoms. The molecule has 3 heterocycles. The van der Waals surface area contributed by atoms with E-state index in [9.17, 15) is 13.2 Å². The van der Waals surface area contributed by atoms with Gasteiger partial charge in [0.25, 0.3) is 5.89 Å². The highest BCUT2D eigenvalue weighted by molar-refractivity contribution is 7.89. The lowest BCUT2D eigenvalue weighted by molar-refractivity contribution is -0.121. The smallest absolute Gasteiger partial charge is 0.322 e. The van der Waals surface area contributed by atoms with Crippen LogP contribution in [0.1, 0.15) is 12.8 Å². The molecule has 1 atom stereocenters. The number of nitrogens with one attached hydrogen (secondary N) is 1. The second kappa shape index (κ2) is 8.17. The van der Waals surface area contributed by atoms with Crippen molar-refractivity contribution in [2.45, 2.75) is 17.7 Å². The van der Waals surface area contributed by atoms with Gasteiger partial charge < -0.3 is 4.42 Å². The number of carbonyl (C=O) groups excluding carboxylic acids is 1. The molecule has 1 fully saturated rings. The Balaban J connectivity index is 1.44. The summed E-state index contributed by atoms with van der Waals surface area (Å²) in [6.45, 7) is 0.416. The van der Waals surface area contributed by atoms with Crippen LogP contribution in [0.4, 0.5) is 6.01 Å². The lowest BCUT2D eigenvalue weighted by Gasteiger charge is -2.30. The summed E-state index contributed by atoms with van der Waals surface area (Å²) in [7, 11) is -1.98. The van der Waals surface area contributed by atoms with Gasteiger partial charge in [-0.25, -0.2) is 8.42 Å². The van der Waals surface area contributed by atoms with Gasteiger partial charge in [0.15, 0.2) is 0 Å². The third-order valence-corrected chi connectivity index (χ3v) is 7.03. The summed E-state index contributed by atoms with van der Waals surface area (Å²) in [5.74, 6) is -0.681. The third-order valence-electron chi connectivity index (χ3n) is 4.90. The summed E-state index contributed by atoms with van der Waals surface area (Å²) >= 11 is 5.85. The van der Waals surface area contributed by atoms with E-state index in [1.165, 1.54) is 28.6 Å². The number of hydrogen-bond donors (Lipinski definition) is 1. The number of sulfonamides is 1. The number of hydrogen-bond acceptors (Lipinski definition) is 7. The van der Waals surface area contributed by atoms with Gasteiger partial charge in [-0.15, -0.1) is 5.10 Å². The van der Waals surface area contributed by atoms with Gasteiger partial charge in [-0.2, -0.15) is 9.40 Å². The van der Waals surface area contributed by atoms with Crippen LogP contribution in [-0.2, 0) is 21.9 Å². The molecule has 0 saturated carbocycles. The van der Waals surface area contributed by atoms with Gasteiger partial charge in [0.1, 0.15) is 5.69 Å². The molecule has 2 aromatic heterocycles. The van der Waals surface area contributed by atoms with E-state index in [1.54, 1.807) is 24.0 Å². The highest BCUT2D eigenvalue weighted by Gasteiger charge is 2.33. The zero-order valence-corrected chi connectivity index (χ0v) is 17.6. The molecule has 1 saturated heterocycles. The molecular weight excluding hydrogens is 432 g/mol. The normalized spacial score (nSPS) is 17.7. The highest BCUT2D eigenvalue weighted by atomic mass is 35.5. The zero-order chi connectivity index (χ0) is 21.3. The Hall–Kier alpha value is -2.76. The van der Waals surface area contributed by atoms with E-state index in [0.29, 0.717) is 30.1 Å². The first kappa shape index (κ1) is 20.5. The average molecular weight is 451 g/mol. The fraction of sp³-hybridized carbons (Fsp3) is 0.333. The number of aromatic nitrogens is 4. The quantitative estimate of drug-likeness (QED) is 0.631. The van der Waals surface area contributed by atoms with Gasteiger partial charge in [-0.3, -0.25) is 14.8 Å². The number of piperidine rings is 1. The van der Waals surface area contributed by atoms with Crippen molar-refractivity contribution in [3.63, 3.8) is 0 Å². The van der Waals surface area contributed by atoms with Crippen LogP contribution < -0.4 is 5.32 Å². The number of rotatable bonds is 5. The summed E-state index contributed by atoms with van der Waals surface area (Å²) in [6.07, 6.45) is 2.71. The van der Waals surface area contributed by atoms with E-state index >= 15 is 0 Å². The molecule has 0 aliphatic carbocycles. The Morgan fingerprint density at radius 3 is 2.70 bits per heavy atom. The second-order valence-electron chi connectivity index (χ2n) is 6.90. The van der Waals surface area contributed by atoms with Gasteiger partial charge in [-0.1, -0.05) is 16.7 Å². The van der Waals surface area contributed by atoms with Crippen LogP contribution in [0.2, 0.25) is 5.02 Å². The van der Waals surface area contributed by atoms with E-state index in [2.05, 4.69) is 20.6 Å². The number of benzene rings is 1. The summed E-state index contributed by atoms with van der Waals surface area (Å²) in [5, 5.41) is 14.8. The van der Waals surface area contributed by atoms with Crippen molar-refractivity contribution in [3.05, 3.63) is 41.6 Å². The lowest BCUT2D eigenvalue weighted by atomic mass is 9.99. The number of aryl methyl sites for hydroxylation is 1. The Labute approximate surface area is 177 Å². The predicted molar refractivity (Wildman–Crippen MR) is 108 cm³/mol. The second-order valence-corrected chi connectivity index (χ2v) is 9.27. The van der Waals surface area contributed by atoms with Gasteiger partial charge in [-0.05, 0) is 43.2 Å². The van der Waals surface area contributed by atoms with Crippen LogP contribution in [0.3, 0.4) is 0 Å². The van der Waals surface area contributed by atoms with Crippen molar-refractivity contribution >= 4 is 33.5 Å². The molecule has 30 heavy (non-hydrogen) atoms. The Kier molecular flexibility index (Phi) is 5.58. The molecule has 0 radical (unpaired) electrons. The molecule has 0 bridgehead atoms. The molecule has 158 valence electrons. The maximum Gasteiger partial charge on any atom is 0.322 e. The summed E-state index contributed by atoms with van der Waals surface area (Å²) in [5.41, 5.74) is 0.612. The van der Waals surface area contributed by atoms with Crippen molar-refractivity contribution in [2.24, 2.45) is 13.0 Å². The highest BCUT2D eigenvalue weighted by Crippen LogP contribution is 2.26. The Morgan fingerprint density at radius 1 is 1.23 bits per heavy atom. The summed E-state index contributed by atoms with van der Waals surface area (Å²) in [4.78, 5) is 12.8. The molecular formula is C18H19ClN6O4S. The zero-order valence-electron chi connectivity index (χ0n) is 16.0. The number of amides is 1. The van der Waals surface area contributed by atoms with Crippen molar-refractivity contribution in [1.82, 2.24) is 24.3 Å². The van der Waals surface area contributed by atoms with Crippen molar-refractivity contribution in [3.8, 4) is 11.6 Å². The molecule has 1 aliphatic heterocycles. The molecule has 4 rings (SSSR count). The molecule has 0 spiro atoms. The topological polar surface area (TPSA) is 123 Å². The van der Waals surface area contributed by atoms with Crippen LogP contribution in [-0.4, -0.2) is 51.7 Å². The van der Waals surface area contributed by atoms with Crippen LogP contribution >= 0.6 is 11.6 Å². The summed E-state index contributed by atoms with van der Waals surface area (Å²) in [6, 6.07) is 7.63. The minimum absolute atomic E-state index is 0.0473. The van der Waals surface area contributed by atoms with Gasteiger partial charge in [0.05, 0.1) is 10.8 Å². The number of anilines is 1. The fourth-order valence-electron chi connectivity index (χ4n) is 3.30. The third kappa shape index (κ3) is 4.09. The first-order chi connectivity index (χ1) is 14.3. The molecule has 1 amide bonds. The van der Waals surface area contributed by atoms with E-state index in [-0.39, 0.29) is 29.3 Å². The maximum absolute atomic E-state index is 12.9. The first-order valence-corrected chi connectivity index (χ1v) is 11.0. The van der Waals surface area contributed by atoms with Crippen molar-refractivity contribution in [1.29, 1.82) is 0 Å². The van der Waals surface area contributed by atoms with Crippen LogP contribution in [0.25, 0.3) is 11.6 Å². The van der Waals surface area contributed by atoms with Crippen molar-refractivity contribution in [2.75, 3.05) is 18.4 Å². The number of carbonyl (C=O) groups is 1. The first-order valence-electron chi connectivity index (χ1n) is 9.23. The number of nitrogens with zero attached hydrogens (tertiary/aromatic N) is 5. The number of halogens is 1. The maximum atomic E-state index is 12.9. The molecule has 1 N–H and O–H groups in total. The van der Waals surface area contributed by atoms with Crippen LogP contribution in [0.15, 0.2) is 45.8 Å². The molecule has 1 aromatic carbocycles. The fourth-order valence-corrected chi connectivity index (χ4v) is 4.95. The van der Waals surface area contributed by atoms with Gasteiger partial charge >= 0.3 is 6.01 Å². The van der Waals surface area contributed by atoms with E-state index in [4.69, 9.17) is 16.0 Å². The average Bonchev–Trinajstić information content (AvgIpc) is 3.37. The monoisotopic (exact) mass is 450 g/mol. The Morgan fingerprint density at radius 2 is 2.00 bits per heavy atom. The molecule has 10 nitrogen and oxygen atoms in total. The van der Waals surface area contributed by atoms with Crippen LogP contribution in [0.5, 0.6) is 0 Å². The van der Waals surface area contributed by atoms with E-state index < -0.39 is 15.9 Å². The predicted octanol–water partition coefficient (Wildman–Crippen LogP) is 2.16. The molecule has 1 aliphatic rings. The van der Waals surface area contributed by atoms with Gasteiger partial charge in [0.2, 0.25) is 15.9 Å². The minimum Gasteiger partial charge on any atom is -0.401 e. The van der Waals surface area contributed by atoms with E-state index in [1.807, 2.05) is 0 Å². The standard InChI is InChI=1S/C18H19ClN6O4S/c1-24-15(8-9-20-24)17-22-23-18(29-17)21-16(26)12-3-2-10-25(11-12)30(27,28)14-6-4-13(19)5-7-14/h4-9,12H,2-3,10-11H2,1H3,(H,21,23,26). The van der Waals surface area contributed by atoms with Gasteiger partial charge in [0, 0.05) is 31.4 Å². The summed E-state index contributed by atoms with van der Waals surface area (Å²) < 4.78 is 34.2. The van der Waals surface area contributed by atoms with E-state index in [0.717, 1.165) is 0 Å². The van der Waals surface area contributed by atoms with Crippen LogP contribution in [0, 0.1) is 5.92 Å². The SMILES string of the molecule is Cn1nccc1-c1nnc(NC(=O)C2CCCN(S(=O)(=O)c3ccc(Cl)cc3)C2)o1. The Bertz CT molecular complexity index is 1160. The lowest BCUT2D eigenvalue weighted by Crippen LogP contribution is -2.43. The minimum atomic E-state index is -3.71. The van der Waals surface area contributed by atoms with Crippen molar-refractivity contribution < 1.29 is 17.6 Å². The molecule has 1 unspecified atom stereocenters. The largest absolute Gasteiger partial charge is 0.401 e.